The first-order valence-corrected chi connectivity index (χ1v) is 6.65. The molecule has 0 aromatic carbocycles. The Kier molecular flexibility index (Phi) is 6.39. The topological polar surface area (TPSA) is 111 Å². The van der Waals surface area contributed by atoms with E-state index in [1.165, 1.54) is 0 Å². The molecule has 2 rings (SSSR count). The molecule has 1 saturated heterocycles. The van der Waals surface area contributed by atoms with Gasteiger partial charge < -0.3 is 20.2 Å². The summed E-state index contributed by atoms with van der Waals surface area (Å²) in [6.45, 7) is 2.42. The van der Waals surface area contributed by atoms with Gasteiger partial charge in [0.15, 0.2) is 0 Å². The summed E-state index contributed by atoms with van der Waals surface area (Å²) in [5.41, 5.74) is 0.715. The van der Waals surface area contributed by atoms with Crippen LogP contribution in [0.1, 0.15) is 12.1 Å². The molecule has 8 heteroatoms. The van der Waals surface area contributed by atoms with E-state index in [4.69, 9.17) is 26.6 Å². The minimum atomic E-state index is -0.974. The Labute approximate surface area is 126 Å². The zero-order valence-corrected chi connectivity index (χ0v) is 12.2. The minimum absolute atomic E-state index is 0.250. The van der Waals surface area contributed by atoms with Gasteiger partial charge in [-0.1, -0.05) is 11.6 Å². The van der Waals surface area contributed by atoms with Crippen LogP contribution in [-0.4, -0.2) is 51.9 Å². The second-order valence-corrected chi connectivity index (χ2v) is 5.00. The number of halogens is 1. The number of hydrogen-bond donors (Lipinski definition) is 3. The first-order chi connectivity index (χ1) is 9.90. The van der Waals surface area contributed by atoms with Crippen LogP contribution in [0, 0.1) is 12.8 Å². The predicted molar refractivity (Wildman–Crippen MR) is 76.6 cm³/mol. The molecule has 1 aliphatic rings. The standard InChI is InChI=1S/C12H15ClN2O3.CH2O2/c1-7-9(13)2-3-11(14-7)15-5-4-10(16)8(6-15)12(17)18;2-1-3/h2-3,8,10,16H,4-6H2,1H3,(H,17,18);1H,(H,2,3)/t8-,10+;/m0./s1. The van der Waals surface area contributed by atoms with Gasteiger partial charge in [-0.25, -0.2) is 4.98 Å². The van der Waals surface area contributed by atoms with Crippen molar-refractivity contribution in [3.05, 3.63) is 22.8 Å². The molecule has 116 valence electrons. The maximum Gasteiger partial charge on any atom is 0.310 e. The molecule has 1 aliphatic heterocycles. The second kappa shape index (κ2) is 7.80. The van der Waals surface area contributed by atoms with Crippen LogP contribution in [0.4, 0.5) is 5.82 Å². The molecule has 0 radical (unpaired) electrons. The fraction of sp³-hybridized carbons (Fsp3) is 0.462. The molecule has 0 amide bonds. The molecule has 0 aliphatic carbocycles. The lowest BCUT2D eigenvalue weighted by Crippen LogP contribution is -2.46. The first-order valence-electron chi connectivity index (χ1n) is 6.27. The van der Waals surface area contributed by atoms with E-state index in [-0.39, 0.29) is 13.0 Å². The Balaban J connectivity index is 0.000000677. The minimum Gasteiger partial charge on any atom is -0.483 e. The van der Waals surface area contributed by atoms with E-state index >= 15 is 0 Å². The van der Waals surface area contributed by atoms with Gasteiger partial charge in [-0.3, -0.25) is 9.59 Å². The Morgan fingerprint density at radius 2 is 2.14 bits per heavy atom. The highest BCUT2D eigenvalue weighted by Crippen LogP contribution is 2.24. The van der Waals surface area contributed by atoms with Gasteiger partial charge in [0.05, 0.1) is 16.8 Å². The van der Waals surface area contributed by atoms with Crippen molar-refractivity contribution in [2.24, 2.45) is 5.92 Å². The largest absolute Gasteiger partial charge is 0.483 e. The predicted octanol–water partition coefficient (Wildman–Crippen LogP) is 1.02. The molecule has 1 aromatic heterocycles. The summed E-state index contributed by atoms with van der Waals surface area (Å²) < 4.78 is 0. The number of hydrogen-bond acceptors (Lipinski definition) is 5. The average molecular weight is 317 g/mol. The summed E-state index contributed by atoms with van der Waals surface area (Å²) >= 11 is 5.91. The number of aryl methyl sites for hydroxylation is 1. The van der Waals surface area contributed by atoms with Crippen molar-refractivity contribution >= 4 is 29.9 Å². The number of aliphatic hydroxyl groups is 1. The number of piperidine rings is 1. The Hall–Kier alpha value is -1.86. The van der Waals surface area contributed by atoms with Crippen molar-refractivity contribution in [3.8, 4) is 0 Å². The number of rotatable bonds is 2. The van der Waals surface area contributed by atoms with Crippen molar-refractivity contribution in [1.29, 1.82) is 0 Å². The summed E-state index contributed by atoms with van der Waals surface area (Å²) in [6.07, 6.45) is -0.354. The highest BCUT2D eigenvalue weighted by Gasteiger charge is 2.33. The van der Waals surface area contributed by atoms with Gasteiger partial charge in [-0.2, -0.15) is 0 Å². The maximum atomic E-state index is 11.0. The van der Waals surface area contributed by atoms with E-state index in [2.05, 4.69) is 4.98 Å². The van der Waals surface area contributed by atoms with Gasteiger partial charge in [-0.05, 0) is 25.5 Å². The molecule has 0 saturated carbocycles. The normalized spacial score (nSPS) is 21.2. The summed E-state index contributed by atoms with van der Waals surface area (Å²) in [4.78, 5) is 25.6. The quantitative estimate of drug-likeness (QED) is 0.698. The Morgan fingerprint density at radius 1 is 1.52 bits per heavy atom. The van der Waals surface area contributed by atoms with Crippen LogP contribution >= 0.6 is 11.6 Å². The van der Waals surface area contributed by atoms with Gasteiger partial charge in [-0.15, -0.1) is 0 Å². The van der Waals surface area contributed by atoms with Crippen LogP contribution in [0.15, 0.2) is 12.1 Å². The van der Waals surface area contributed by atoms with Gasteiger partial charge in [0, 0.05) is 13.1 Å². The van der Waals surface area contributed by atoms with Crippen molar-refractivity contribution in [1.82, 2.24) is 4.98 Å². The number of anilines is 1. The molecule has 21 heavy (non-hydrogen) atoms. The number of pyridine rings is 1. The zero-order chi connectivity index (χ0) is 16.0. The van der Waals surface area contributed by atoms with Gasteiger partial charge in [0.25, 0.3) is 6.47 Å². The molecule has 7 nitrogen and oxygen atoms in total. The third-order valence-corrected chi connectivity index (χ3v) is 3.62. The second-order valence-electron chi connectivity index (χ2n) is 4.59. The number of carbonyl (C=O) groups is 2. The molecule has 3 N–H and O–H groups in total. The molecule has 1 fully saturated rings. The van der Waals surface area contributed by atoms with Crippen LogP contribution in [-0.2, 0) is 9.59 Å². The molecule has 1 aromatic rings. The highest BCUT2D eigenvalue weighted by molar-refractivity contribution is 6.31. The van der Waals surface area contributed by atoms with Crippen LogP contribution in [0.25, 0.3) is 0 Å². The molecular formula is C13H17ClN2O5. The number of aliphatic carboxylic acids is 1. The molecule has 0 unspecified atom stereocenters. The van der Waals surface area contributed by atoms with Crippen molar-refractivity contribution < 1.29 is 24.9 Å². The summed E-state index contributed by atoms with van der Waals surface area (Å²) in [5.74, 6) is -1.04. The van der Waals surface area contributed by atoms with Crippen LogP contribution in [0.3, 0.4) is 0 Å². The maximum absolute atomic E-state index is 11.0. The fourth-order valence-corrected chi connectivity index (χ4v) is 2.20. The average Bonchev–Trinajstić information content (AvgIpc) is 2.43. The van der Waals surface area contributed by atoms with E-state index in [1.807, 2.05) is 4.90 Å². The highest BCUT2D eigenvalue weighted by atomic mass is 35.5. The third kappa shape index (κ3) is 4.57. The Bertz CT molecular complexity index is 511. The number of carboxylic acids is 1. The molecular weight excluding hydrogens is 300 g/mol. The van der Waals surface area contributed by atoms with Gasteiger partial charge in [0.2, 0.25) is 0 Å². The van der Waals surface area contributed by atoms with Gasteiger partial charge >= 0.3 is 5.97 Å². The number of aliphatic hydroxyl groups excluding tert-OH is 1. The van der Waals surface area contributed by atoms with E-state index < -0.39 is 18.0 Å². The molecule has 2 heterocycles. The van der Waals surface area contributed by atoms with Crippen molar-refractivity contribution in [2.75, 3.05) is 18.0 Å². The number of nitrogens with zero attached hydrogens (tertiary/aromatic N) is 2. The lowest BCUT2D eigenvalue weighted by Gasteiger charge is -2.34. The molecule has 0 bridgehead atoms. The van der Waals surface area contributed by atoms with E-state index in [1.54, 1.807) is 19.1 Å². The molecule has 2 atom stereocenters. The summed E-state index contributed by atoms with van der Waals surface area (Å²) in [6, 6.07) is 3.52. The van der Waals surface area contributed by atoms with Crippen molar-refractivity contribution in [3.63, 3.8) is 0 Å². The Morgan fingerprint density at radius 3 is 2.67 bits per heavy atom. The molecule has 0 spiro atoms. The summed E-state index contributed by atoms with van der Waals surface area (Å²) in [7, 11) is 0. The number of aromatic nitrogens is 1. The monoisotopic (exact) mass is 316 g/mol. The lowest BCUT2D eigenvalue weighted by atomic mass is 9.95. The van der Waals surface area contributed by atoms with E-state index in [0.29, 0.717) is 29.5 Å². The van der Waals surface area contributed by atoms with E-state index in [0.717, 1.165) is 0 Å². The van der Waals surface area contributed by atoms with Gasteiger partial charge in [0.1, 0.15) is 11.7 Å². The van der Waals surface area contributed by atoms with Crippen LogP contribution in [0.5, 0.6) is 0 Å². The summed E-state index contributed by atoms with van der Waals surface area (Å²) in [5, 5.41) is 26.2. The van der Waals surface area contributed by atoms with Crippen LogP contribution < -0.4 is 4.90 Å². The fourth-order valence-electron chi connectivity index (χ4n) is 2.10. The SMILES string of the molecule is Cc1nc(N2CC[C@@H](O)[C@@H](C(=O)O)C2)ccc1Cl.O=CO. The van der Waals surface area contributed by atoms with E-state index in [9.17, 15) is 9.90 Å². The smallest absolute Gasteiger partial charge is 0.310 e. The number of carboxylic acid groups (broad SMARTS) is 2. The van der Waals surface area contributed by atoms with Crippen LogP contribution in [0.2, 0.25) is 5.02 Å². The first kappa shape index (κ1) is 17.2. The lowest BCUT2D eigenvalue weighted by molar-refractivity contribution is -0.146. The zero-order valence-electron chi connectivity index (χ0n) is 11.4. The third-order valence-electron chi connectivity index (χ3n) is 3.22. The van der Waals surface area contributed by atoms with Crippen molar-refractivity contribution in [2.45, 2.75) is 19.4 Å².